The van der Waals surface area contributed by atoms with Crippen LogP contribution in [0.4, 0.5) is 11.4 Å². The Bertz CT molecular complexity index is 1100. The van der Waals surface area contributed by atoms with Crippen molar-refractivity contribution in [1.82, 2.24) is 4.98 Å². The van der Waals surface area contributed by atoms with Gasteiger partial charge in [0, 0.05) is 24.5 Å². The van der Waals surface area contributed by atoms with E-state index >= 15 is 0 Å². The summed E-state index contributed by atoms with van der Waals surface area (Å²) in [5, 5.41) is 3.77. The van der Waals surface area contributed by atoms with Crippen molar-refractivity contribution in [2.24, 2.45) is 0 Å². The molecule has 0 unspecified atom stereocenters. The Kier molecular flexibility index (Phi) is 5.65. The minimum Gasteiger partial charge on any atom is -0.324 e. The summed E-state index contributed by atoms with van der Waals surface area (Å²) in [6.07, 6.45) is 2.86. The average molecular weight is 398 g/mol. The lowest BCUT2D eigenvalue weighted by Crippen LogP contribution is -2.34. The molecule has 6 nitrogen and oxygen atoms in total. The number of sulfonamides is 1. The third-order valence-electron chi connectivity index (χ3n) is 4.54. The number of carbonyl (C=O) groups excluding carboxylic acids is 1. The molecule has 3 rings (SSSR count). The predicted molar refractivity (Wildman–Crippen MR) is 113 cm³/mol. The molecule has 3 aromatic rings. The van der Waals surface area contributed by atoms with E-state index in [0.29, 0.717) is 16.9 Å². The molecule has 0 aliphatic rings. The first kappa shape index (κ1) is 19.8. The Morgan fingerprint density at radius 3 is 2.36 bits per heavy atom. The Morgan fingerprint density at radius 1 is 1.04 bits per heavy atom. The van der Waals surface area contributed by atoms with Crippen molar-refractivity contribution < 1.29 is 13.2 Å². The Balaban J connectivity index is 1.79. The first-order valence-corrected chi connectivity index (χ1v) is 10.8. The SMILES string of the molecule is Cc1cccc(C)c1N(CCC(=O)Nc1cccc2cccnc12)S(C)(=O)=O. The lowest BCUT2D eigenvalue weighted by molar-refractivity contribution is -0.116. The molecule has 7 heteroatoms. The van der Waals surface area contributed by atoms with E-state index in [2.05, 4.69) is 10.3 Å². The average Bonchev–Trinajstić information content (AvgIpc) is 2.63. The fourth-order valence-electron chi connectivity index (χ4n) is 3.26. The van der Waals surface area contributed by atoms with Gasteiger partial charge in [-0.25, -0.2) is 8.42 Å². The maximum Gasteiger partial charge on any atom is 0.232 e. The van der Waals surface area contributed by atoms with Crippen LogP contribution in [-0.4, -0.2) is 32.1 Å². The van der Waals surface area contributed by atoms with E-state index in [-0.39, 0.29) is 18.9 Å². The third kappa shape index (κ3) is 4.31. The van der Waals surface area contributed by atoms with Crippen LogP contribution in [0.5, 0.6) is 0 Å². The Morgan fingerprint density at radius 2 is 1.68 bits per heavy atom. The van der Waals surface area contributed by atoms with E-state index < -0.39 is 10.0 Å². The van der Waals surface area contributed by atoms with Crippen molar-refractivity contribution in [2.45, 2.75) is 20.3 Å². The van der Waals surface area contributed by atoms with Gasteiger partial charge in [0.25, 0.3) is 0 Å². The summed E-state index contributed by atoms with van der Waals surface area (Å²) in [5.41, 5.74) is 3.65. The van der Waals surface area contributed by atoms with Gasteiger partial charge in [-0.15, -0.1) is 0 Å². The fraction of sp³-hybridized carbons (Fsp3) is 0.238. The zero-order chi connectivity index (χ0) is 20.3. The van der Waals surface area contributed by atoms with Gasteiger partial charge in [0.05, 0.1) is 23.1 Å². The smallest absolute Gasteiger partial charge is 0.232 e. The molecule has 0 fully saturated rings. The number of aryl methyl sites for hydroxylation is 2. The molecule has 0 bridgehead atoms. The number of rotatable bonds is 6. The summed E-state index contributed by atoms with van der Waals surface area (Å²) in [6.45, 7) is 3.79. The van der Waals surface area contributed by atoms with Crippen molar-refractivity contribution in [2.75, 3.05) is 22.4 Å². The third-order valence-corrected chi connectivity index (χ3v) is 5.70. The van der Waals surface area contributed by atoms with Crippen LogP contribution in [0, 0.1) is 13.8 Å². The molecular formula is C21H23N3O3S. The standard InChI is InChI=1S/C21H23N3O3S/c1-15-7-4-8-16(2)21(15)24(28(3,26)27)14-12-19(25)23-18-11-5-9-17-10-6-13-22-20(17)18/h4-11,13H,12,14H2,1-3H3,(H,23,25). The Hall–Kier alpha value is -2.93. The minimum absolute atomic E-state index is 0.0318. The first-order valence-electron chi connectivity index (χ1n) is 8.95. The summed E-state index contributed by atoms with van der Waals surface area (Å²) in [5.74, 6) is -0.266. The van der Waals surface area contributed by atoms with Crippen LogP contribution in [-0.2, 0) is 14.8 Å². The number of anilines is 2. The second-order valence-electron chi connectivity index (χ2n) is 6.75. The highest BCUT2D eigenvalue weighted by Crippen LogP contribution is 2.27. The number of nitrogens with zero attached hydrogens (tertiary/aromatic N) is 2. The molecule has 1 heterocycles. The van der Waals surface area contributed by atoms with E-state index in [1.807, 2.05) is 56.3 Å². The lowest BCUT2D eigenvalue weighted by Gasteiger charge is -2.25. The molecule has 0 aliphatic heterocycles. The van der Waals surface area contributed by atoms with Gasteiger partial charge in [0.1, 0.15) is 0 Å². The first-order chi connectivity index (χ1) is 13.3. The van der Waals surface area contributed by atoms with E-state index in [1.54, 1.807) is 12.3 Å². The van der Waals surface area contributed by atoms with Crippen LogP contribution < -0.4 is 9.62 Å². The van der Waals surface area contributed by atoms with Crippen molar-refractivity contribution >= 4 is 38.2 Å². The number of pyridine rings is 1. The molecule has 1 amide bonds. The van der Waals surface area contributed by atoms with E-state index in [9.17, 15) is 13.2 Å². The van der Waals surface area contributed by atoms with Crippen LogP contribution in [0.2, 0.25) is 0 Å². The molecule has 146 valence electrons. The van der Waals surface area contributed by atoms with Crippen LogP contribution in [0.1, 0.15) is 17.5 Å². The van der Waals surface area contributed by atoms with Crippen molar-refractivity contribution in [1.29, 1.82) is 0 Å². The van der Waals surface area contributed by atoms with E-state index in [4.69, 9.17) is 0 Å². The summed E-state index contributed by atoms with van der Waals surface area (Å²) in [6, 6.07) is 14.9. The number of amides is 1. The molecule has 28 heavy (non-hydrogen) atoms. The van der Waals surface area contributed by atoms with Crippen LogP contribution in [0.3, 0.4) is 0 Å². The van der Waals surface area contributed by atoms with Crippen LogP contribution >= 0.6 is 0 Å². The van der Waals surface area contributed by atoms with E-state index in [1.165, 1.54) is 4.31 Å². The number of carbonyl (C=O) groups is 1. The van der Waals surface area contributed by atoms with Crippen molar-refractivity contribution in [3.8, 4) is 0 Å². The summed E-state index contributed by atoms with van der Waals surface area (Å²) < 4.78 is 26.0. The number of aromatic nitrogens is 1. The minimum atomic E-state index is -3.53. The maximum absolute atomic E-state index is 12.5. The van der Waals surface area contributed by atoms with Gasteiger partial charge in [-0.05, 0) is 37.1 Å². The topological polar surface area (TPSA) is 79.4 Å². The van der Waals surface area contributed by atoms with Gasteiger partial charge in [-0.1, -0.05) is 36.4 Å². The number of para-hydroxylation sites is 2. The van der Waals surface area contributed by atoms with Gasteiger partial charge in [-0.2, -0.15) is 0 Å². The normalized spacial score (nSPS) is 11.4. The van der Waals surface area contributed by atoms with Gasteiger partial charge < -0.3 is 5.32 Å². The maximum atomic E-state index is 12.5. The summed E-state index contributed by atoms with van der Waals surface area (Å²) in [7, 11) is -3.53. The number of benzene rings is 2. The van der Waals surface area contributed by atoms with Crippen LogP contribution in [0.15, 0.2) is 54.7 Å². The quantitative estimate of drug-likeness (QED) is 0.689. The van der Waals surface area contributed by atoms with E-state index in [0.717, 1.165) is 22.8 Å². The highest BCUT2D eigenvalue weighted by molar-refractivity contribution is 7.92. The molecule has 0 saturated heterocycles. The zero-order valence-corrected chi connectivity index (χ0v) is 17.0. The van der Waals surface area contributed by atoms with Crippen molar-refractivity contribution in [3.05, 3.63) is 65.9 Å². The van der Waals surface area contributed by atoms with Gasteiger partial charge in [-0.3, -0.25) is 14.1 Å². The fourth-order valence-corrected chi connectivity index (χ4v) is 4.31. The molecule has 1 N–H and O–H groups in total. The Labute approximate surface area is 165 Å². The van der Waals surface area contributed by atoms with Gasteiger partial charge >= 0.3 is 0 Å². The molecule has 0 saturated carbocycles. The molecule has 2 aromatic carbocycles. The van der Waals surface area contributed by atoms with Gasteiger partial charge in [0.2, 0.25) is 15.9 Å². The number of hydrogen-bond donors (Lipinski definition) is 1. The summed E-state index contributed by atoms with van der Waals surface area (Å²) in [4.78, 5) is 16.8. The lowest BCUT2D eigenvalue weighted by atomic mass is 10.1. The number of fused-ring (bicyclic) bond motifs is 1. The van der Waals surface area contributed by atoms with Crippen molar-refractivity contribution in [3.63, 3.8) is 0 Å². The highest BCUT2D eigenvalue weighted by atomic mass is 32.2. The molecule has 0 aliphatic carbocycles. The molecule has 0 spiro atoms. The highest BCUT2D eigenvalue weighted by Gasteiger charge is 2.22. The second-order valence-corrected chi connectivity index (χ2v) is 8.66. The molecule has 0 atom stereocenters. The monoisotopic (exact) mass is 397 g/mol. The molecule has 0 radical (unpaired) electrons. The van der Waals surface area contributed by atoms with Crippen LogP contribution in [0.25, 0.3) is 10.9 Å². The number of hydrogen-bond acceptors (Lipinski definition) is 4. The summed E-state index contributed by atoms with van der Waals surface area (Å²) >= 11 is 0. The molecular weight excluding hydrogens is 374 g/mol. The largest absolute Gasteiger partial charge is 0.324 e. The zero-order valence-electron chi connectivity index (χ0n) is 16.1. The number of nitrogens with one attached hydrogen (secondary N) is 1. The second kappa shape index (κ2) is 7.98. The van der Waals surface area contributed by atoms with Gasteiger partial charge in [0.15, 0.2) is 0 Å². The molecule has 1 aromatic heterocycles. The predicted octanol–water partition coefficient (Wildman–Crippen LogP) is 3.65.